The zero-order valence-corrected chi connectivity index (χ0v) is 21.1. The van der Waals surface area contributed by atoms with E-state index >= 15 is 0 Å². The van der Waals surface area contributed by atoms with E-state index in [1.165, 1.54) is 12.1 Å². The summed E-state index contributed by atoms with van der Waals surface area (Å²) in [7, 11) is -1.99. The van der Waals surface area contributed by atoms with Crippen LogP contribution < -0.4 is 9.46 Å². The van der Waals surface area contributed by atoms with E-state index in [0.717, 1.165) is 28.2 Å². The lowest BCUT2D eigenvalue weighted by Crippen LogP contribution is -2.32. The minimum absolute atomic E-state index is 0.0130. The van der Waals surface area contributed by atoms with Crippen LogP contribution in [0.4, 0.5) is 0 Å². The number of para-hydroxylation sites is 1. The van der Waals surface area contributed by atoms with Crippen LogP contribution in [0.25, 0.3) is 5.69 Å². The van der Waals surface area contributed by atoms with Crippen molar-refractivity contribution >= 4 is 15.9 Å². The van der Waals surface area contributed by atoms with Gasteiger partial charge < -0.3 is 9.64 Å². The first-order valence-corrected chi connectivity index (χ1v) is 12.7. The van der Waals surface area contributed by atoms with E-state index in [9.17, 15) is 13.2 Å². The fraction of sp³-hybridized carbons (Fsp3) is 0.360. The fourth-order valence-electron chi connectivity index (χ4n) is 3.71. The summed E-state index contributed by atoms with van der Waals surface area (Å²) in [6, 6.07) is 14.2. The third-order valence-corrected chi connectivity index (χ3v) is 7.16. The zero-order valence-electron chi connectivity index (χ0n) is 20.3. The molecule has 0 aliphatic carbocycles. The molecule has 0 spiro atoms. The monoisotopic (exact) mass is 484 g/mol. The highest BCUT2D eigenvalue weighted by Gasteiger charge is 2.19. The maximum Gasteiger partial charge on any atom is 0.240 e. The number of carbonyl (C=O) groups excluding carboxylic acids is 1. The topological polar surface area (TPSA) is 93.5 Å². The Morgan fingerprint density at radius 1 is 1.09 bits per heavy atom. The number of hydrogen-bond acceptors (Lipinski definition) is 5. The number of benzene rings is 2. The lowest BCUT2D eigenvalue weighted by atomic mass is 10.1. The van der Waals surface area contributed by atoms with Crippen molar-refractivity contribution in [3.63, 3.8) is 0 Å². The molecule has 1 amide bonds. The van der Waals surface area contributed by atoms with Gasteiger partial charge in [0, 0.05) is 37.8 Å². The quantitative estimate of drug-likeness (QED) is 0.475. The molecule has 0 saturated carbocycles. The number of aromatic nitrogens is 2. The highest BCUT2D eigenvalue weighted by Crippen LogP contribution is 2.21. The maximum atomic E-state index is 12.7. The van der Waals surface area contributed by atoms with Crippen LogP contribution >= 0.6 is 0 Å². The number of nitrogens with one attached hydrogen (secondary N) is 1. The molecule has 0 bridgehead atoms. The van der Waals surface area contributed by atoms with Gasteiger partial charge in [0.05, 0.1) is 22.9 Å². The van der Waals surface area contributed by atoms with E-state index in [4.69, 9.17) is 4.74 Å². The normalized spacial score (nSPS) is 11.4. The summed E-state index contributed by atoms with van der Waals surface area (Å²) in [5, 5.41) is 4.68. The average Bonchev–Trinajstić information content (AvgIpc) is 3.08. The lowest BCUT2D eigenvalue weighted by molar-refractivity contribution is -0.130. The van der Waals surface area contributed by atoms with Gasteiger partial charge in [-0.3, -0.25) is 4.79 Å². The Balaban J connectivity index is 1.60. The molecule has 1 N–H and O–H groups in total. The highest BCUT2D eigenvalue weighted by molar-refractivity contribution is 7.89. The molecule has 0 fully saturated rings. The van der Waals surface area contributed by atoms with Gasteiger partial charge in [0.15, 0.2) is 0 Å². The Kier molecular flexibility index (Phi) is 8.11. The van der Waals surface area contributed by atoms with Gasteiger partial charge in [-0.15, -0.1) is 0 Å². The first kappa shape index (κ1) is 25.5. The van der Waals surface area contributed by atoms with Crippen LogP contribution in [0.2, 0.25) is 0 Å². The molecular formula is C25H32N4O4S. The van der Waals surface area contributed by atoms with Gasteiger partial charge in [0.1, 0.15) is 5.75 Å². The minimum atomic E-state index is -3.71. The maximum absolute atomic E-state index is 12.7. The van der Waals surface area contributed by atoms with Crippen LogP contribution in [0.1, 0.15) is 35.9 Å². The molecule has 8 nitrogen and oxygen atoms in total. The van der Waals surface area contributed by atoms with E-state index in [1.54, 1.807) is 24.1 Å². The Labute approximate surface area is 201 Å². The second-order valence-electron chi connectivity index (χ2n) is 8.15. The molecule has 9 heteroatoms. The summed E-state index contributed by atoms with van der Waals surface area (Å²) in [6.45, 7) is 8.74. The van der Waals surface area contributed by atoms with Crippen molar-refractivity contribution in [2.45, 2.75) is 45.6 Å². The number of nitrogens with zero attached hydrogens (tertiary/aromatic N) is 3. The number of hydrogen-bond donors (Lipinski definition) is 1. The lowest BCUT2D eigenvalue weighted by Gasteiger charge is -2.18. The Morgan fingerprint density at radius 3 is 2.41 bits per heavy atom. The molecule has 3 aromatic rings. The van der Waals surface area contributed by atoms with Crippen molar-refractivity contribution in [1.29, 1.82) is 0 Å². The molecule has 3 rings (SSSR count). The van der Waals surface area contributed by atoms with E-state index in [1.807, 2.05) is 56.6 Å². The first-order chi connectivity index (χ1) is 16.1. The summed E-state index contributed by atoms with van der Waals surface area (Å²) >= 11 is 0. The average molecular weight is 485 g/mol. The smallest absolute Gasteiger partial charge is 0.240 e. The Morgan fingerprint density at radius 2 is 1.76 bits per heavy atom. The van der Waals surface area contributed by atoms with Crippen LogP contribution in [0, 0.1) is 20.8 Å². The van der Waals surface area contributed by atoms with Crippen molar-refractivity contribution in [1.82, 2.24) is 19.4 Å². The van der Waals surface area contributed by atoms with Gasteiger partial charge in [-0.25, -0.2) is 17.8 Å². The Bertz CT molecular complexity index is 1250. The third kappa shape index (κ3) is 5.84. The van der Waals surface area contributed by atoms with Crippen LogP contribution in [-0.4, -0.2) is 49.2 Å². The van der Waals surface area contributed by atoms with E-state index in [0.29, 0.717) is 18.9 Å². The second-order valence-corrected chi connectivity index (χ2v) is 9.92. The van der Waals surface area contributed by atoms with E-state index < -0.39 is 10.0 Å². The second kappa shape index (κ2) is 10.8. The summed E-state index contributed by atoms with van der Waals surface area (Å²) in [6.07, 6.45) is 0.0524. The van der Waals surface area contributed by atoms with Gasteiger partial charge in [-0.2, -0.15) is 5.10 Å². The van der Waals surface area contributed by atoms with Gasteiger partial charge in [0.25, 0.3) is 0 Å². The van der Waals surface area contributed by atoms with Crippen molar-refractivity contribution < 1.29 is 17.9 Å². The standard InChI is InChI=1S/C25H32N4O4S/c1-6-33-21-11-13-22(14-12-21)34(31,32)26-16-15-25(30)28(5)17-23-19(3)27-29(20(23)4)24-10-8-7-9-18(24)2/h7-14,26H,6,15-17H2,1-5H3. The molecule has 1 aromatic heterocycles. The van der Waals surface area contributed by atoms with Crippen molar-refractivity contribution in [3.8, 4) is 11.4 Å². The van der Waals surface area contributed by atoms with Crippen molar-refractivity contribution in [3.05, 3.63) is 71.0 Å². The van der Waals surface area contributed by atoms with Gasteiger partial charge >= 0.3 is 0 Å². The fourth-order valence-corrected chi connectivity index (χ4v) is 4.74. The Hall–Kier alpha value is -3.17. The SMILES string of the molecule is CCOc1ccc(S(=O)(=O)NCCC(=O)N(C)Cc2c(C)nn(-c3ccccc3C)c2C)cc1. The van der Waals surface area contributed by atoms with Gasteiger partial charge in [-0.05, 0) is 63.6 Å². The number of amides is 1. The zero-order chi connectivity index (χ0) is 24.9. The summed E-state index contributed by atoms with van der Waals surface area (Å²) in [5.41, 5.74) is 4.93. The van der Waals surface area contributed by atoms with Crippen LogP contribution in [0.3, 0.4) is 0 Å². The summed E-state index contributed by atoms with van der Waals surface area (Å²) < 4.78 is 34.8. The number of ether oxygens (including phenoxy) is 1. The number of rotatable bonds is 10. The van der Waals surface area contributed by atoms with E-state index in [-0.39, 0.29) is 23.8 Å². The molecule has 0 unspecified atom stereocenters. The molecule has 2 aromatic carbocycles. The summed E-state index contributed by atoms with van der Waals surface area (Å²) in [4.78, 5) is 14.4. The summed E-state index contributed by atoms with van der Waals surface area (Å²) in [5.74, 6) is 0.450. The highest BCUT2D eigenvalue weighted by atomic mass is 32.2. The molecule has 0 radical (unpaired) electrons. The first-order valence-electron chi connectivity index (χ1n) is 11.2. The largest absolute Gasteiger partial charge is 0.494 e. The van der Waals surface area contributed by atoms with Crippen LogP contribution in [0.15, 0.2) is 53.4 Å². The van der Waals surface area contributed by atoms with Crippen molar-refractivity contribution in [2.75, 3.05) is 20.2 Å². The number of sulfonamides is 1. The molecule has 0 saturated heterocycles. The third-order valence-electron chi connectivity index (χ3n) is 5.68. The van der Waals surface area contributed by atoms with Crippen LogP contribution in [0.5, 0.6) is 5.75 Å². The van der Waals surface area contributed by atoms with Gasteiger partial charge in [-0.1, -0.05) is 18.2 Å². The molecule has 0 atom stereocenters. The van der Waals surface area contributed by atoms with E-state index in [2.05, 4.69) is 9.82 Å². The molecule has 0 aliphatic rings. The molecule has 34 heavy (non-hydrogen) atoms. The van der Waals surface area contributed by atoms with Gasteiger partial charge in [0.2, 0.25) is 15.9 Å². The molecular weight excluding hydrogens is 452 g/mol. The van der Waals surface area contributed by atoms with Crippen molar-refractivity contribution in [2.24, 2.45) is 0 Å². The number of aryl methyl sites for hydroxylation is 2. The minimum Gasteiger partial charge on any atom is -0.494 e. The molecule has 1 heterocycles. The predicted molar refractivity (Wildman–Crippen MR) is 132 cm³/mol. The molecule has 0 aliphatic heterocycles. The van der Waals surface area contributed by atoms with Crippen LogP contribution in [-0.2, 0) is 21.4 Å². The predicted octanol–water partition coefficient (Wildman–Crippen LogP) is 3.52. The molecule has 182 valence electrons. The number of carbonyl (C=O) groups is 1.